The number of benzene rings is 1. The second-order valence-electron chi connectivity index (χ2n) is 4.25. The lowest BCUT2D eigenvalue weighted by Gasteiger charge is -2.10. The van der Waals surface area contributed by atoms with E-state index in [0.29, 0.717) is 16.7 Å². The maximum Gasteiger partial charge on any atom is 0.219 e. The van der Waals surface area contributed by atoms with Gasteiger partial charge in [0.05, 0.1) is 5.02 Å². The minimum atomic E-state index is -0.0520. The third-order valence-corrected chi connectivity index (χ3v) is 2.88. The second kappa shape index (κ2) is 5.38. The van der Waals surface area contributed by atoms with Gasteiger partial charge in [0.2, 0.25) is 5.88 Å². The smallest absolute Gasteiger partial charge is 0.219 e. The lowest BCUT2D eigenvalue weighted by Crippen LogP contribution is -2.05. The lowest BCUT2D eigenvalue weighted by molar-refractivity contribution is 0.461. The van der Waals surface area contributed by atoms with Crippen LogP contribution < -0.4 is 10.5 Å². The van der Waals surface area contributed by atoms with Crippen molar-refractivity contribution in [3.05, 3.63) is 52.7 Å². The summed E-state index contributed by atoms with van der Waals surface area (Å²) in [6.45, 7) is 3.89. The van der Waals surface area contributed by atoms with Crippen molar-refractivity contribution in [2.75, 3.05) is 0 Å². The number of aryl methyl sites for hydroxylation is 1. The van der Waals surface area contributed by atoms with Crippen molar-refractivity contribution in [1.29, 1.82) is 0 Å². The van der Waals surface area contributed by atoms with Crippen LogP contribution in [0.3, 0.4) is 0 Å². The van der Waals surface area contributed by atoms with Gasteiger partial charge in [0.25, 0.3) is 0 Å². The summed E-state index contributed by atoms with van der Waals surface area (Å²) in [4.78, 5) is 4.14. The summed E-state index contributed by atoms with van der Waals surface area (Å²) < 4.78 is 5.66. The molecule has 0 saturated heterocycles. The normalized spacial score (nSPS) is 12.2. The van der Waals surface area contributed by atoms with Gasteiger partial charge in [0.1, 0.15) is 5.75 Å². The summed E-state index contributed by atoms with van der Waals surface area (Å²) in [6.07, 6.45) is 1.68. The Labute approximate surface area is 112 Å². The highest BCUT2D eigenvalue weighted by Crippen LogP contribution is 2.29. The lowest BCUT2D eigenvalue weighted by atomic mass is 10.1. The van der Waals surface area contributed by atoms with Gasteiger partial charge in [-0.1, -0.05) is 17.7 Å². The zero-order valence-electron chi connectivity index (χ0n) is 10.4. The van der Waals surface area contributed by atoms with Crippen molar-refractivity contribution >= 4 is 11.6 Å². The molecule has 0 aliphatic carbocycles. The van der Waals surface area contributed by atoms with E-state index < -0.39 is 0 Å². The average Bonchev–Trinajstić information content (AvgIpc) is 2.33. The van der Waals surface area contributed by atoms with Crippen LogP contribution in [0, 0.1) is 6.92 Å². The molecule has 18 heavy (non-hydrogen) atoms. The minimum absolute atomic E-state index is 0.0520. The third kappa shape index (κ3) is 3.00. The molecule has 0 aliphatic heterocycles. The molecule has 4 heteroatoms. The molecule has 0 bridgehead atoms. The van der Waals surface area contributed by atoms with Crippen LogP contribution in [0.15, 0.2) is 36.5 Å². The first-order valence-corrected chi connectivity index (χ1v) is 6.09. The van der Waals surface area contributed by atoms with Crippen LogP contribution >= 0.6 is 11.6 Å². The number of halogens is 1. The quantitative estimate of drug-likeness (QED) is 0.914. The van der Waals surface area contributed by atoms with Crippen molar-refractivity contribution in [3.8, 4) is 11.6 Å². The summed E-state index contributed by atoms with van der Waals surface area (Å²) >= 11 is 6.10. The first kappa shape index (κ1) is 12.9. The first-order valence-electron chi connectivity index (χ1n) is 5.72. The van der Waals surface area contributed by atoms with Gasteiger partial charge in [-0.2, -0.15) is 0 Å². The highest BCUT2D eigenvalue weighted by molar-refractivity contribution is 6.32. The van der Waals surface area contributed by atoms with E-state index in [2.05, 4.69) is 4.98 Å². The monoisotopic (exact) mass is 262 g/mol. The molecule has 0 unspecified atom stereocenters. The number of pyridine rings is 1. The molecule has 3 nitrogen and oxygen atoms in total. The Morgan fingerprint density at radius 3 is 2.72 bits per heavy atom. The Bertz CT molecular complexity index is 555. The maximum atomic E-state index is 6.10. The fourth-order valence-electron chi connectivity index (χ4n) is 1.57. The molecule has 2 N–H and O–H groups in total. The van der Waals surface area contributed by atoms with Crippen LogP contribution in [0.25, 0.3) is 0 Å². The number of nitrogens with zero attached hydrogens (tertiary/aromatic N) is 1. The van der Waals surface area contributed by atoms with E-state index in [1.54, 1.807) is 6.20 Å². The molecular formula is C14H15ClN2O. The molecule has 0 spiro atoms. The standard InChI is InChI=1S/C14H15ClN2O/c1-9-3-4-13(12(15)7-9)18-14-8-11(10(2)16)5-6-17-14/h3-8,10H,16H2,1-2H3/t10-/m0/s1. The largest absolute Gasteiger partial charge is 0.437 e. The Morgan fingerprint density at radius 1 is 1.28 bits per heavy atom. The predicted octanol–water partition coefficient (Wildman–Crippen LogP) is 3.86. The van der Waals surface area contributed by atoms with Crippen molar-refractivity contribution in [3.63, 3.8) is 0 Å². The summed E-state index contributed by atoms with van der Waals surface area (Å²) in [7, 11) is 0. The summed E-state index contributed by atoms with van der Waals surface area (Å²) in [5.74, 6) is 1.09. The van der Waals surface area contributed by atoms with Crippen molar-refractivity contribution in [1.82, 2.24) is 4.98 Å². The number of ether oxygens (including phenoxy) is 1. The predicted molar refractivity (Wildman–Crippen MR) is 73.1 cm³/mol. The van der Waals surface area contributed by atoms with Crippen LogP contribution in [-0.2, 0) is 0 Å². The number of aromatic nitrogens is 1. The van der Waals surface area contributed by atoms with Crippen LogP contribution in [0.1, 0.15) is 24.1 Å². The van der Waals surface area contributed by atoms with E-state index in [1.165, 1.54) is 0 Å². The molecule has 0 aliphatic rings. The summed E-state index contributed by atoms with van der Waals surface area (Å²) in [5.41, 5.74) is 7.88. The molecule has 0 amide bonds. The van der Waals surface area contributed by atoms with E-state index in [0.717, 1.165) is 11.1 Å². The number of hydrogen-bond acceptors (Lipinski definition) is 3. The molecular weight excluding hydrogens is 248 g/mol. The molecule has 94 valence electrons. The summed E-state index contributed by atoms with van der Waals surface area (Å²) in [6, 6.07) is 9.26. The van der Waals surface area contributed by atoms with Gasteiger partial charge >= 0.3 is 0 Å². The van der Waals surface area contributed by atoms with E-state index in [1.807, 2.05) is 44.2 Å². The zero-order valence-corrected chi connectivity index (χ0v) is 11.1. The van der Waals surface area contributed by atoms with Crippen molar-refractivity contribution in [2.24, 2.45) is 5.73 Å². The first-order chi connectivity index (χ1) is 8.56. The van der Waals surface area contributed by atoms with Gasteiger partial charge in [-0.3, -0.25) is 0 Å². The molecule has 1 atom stereocenters. The highest BCUT2D eigenvalue weighted by Gasteiger charge is 2.06. The van der Waals surface area contributed by atoms with Gasteiger partial charge in [-0.15, -0.1) is 0 Å². The van der Waals surface area contributed by atoms with Crippen LogP contribution in [0.5, 0.6) is 11.6 Å². The van der Waals surface area contributed by atoms with Crippen molar-refractivity contribution in [2.45, 2.75) is 19.9 Å². The number of rotatable bonds is 3. The molecule has 0 radical (unpaired) electrons. The van der Waals surface area contributed by atoms with Gasteiger partial charge in [-0.25, -0.2) is 4.98 Å². The highest BCUT2D eigenvalue weighted by atomic mass is 35.5. The fourth-order valence-corrected chi connectivity index (χ4v) is 1.84. The SMILES string of the molecule is Cc1ccc(Oc2cc([C@H](C)N)ccn2)c(Cl)c1. The van der Waals surface area contributed by atoms with Crippen LogP contribution in [0.4, 0.5) is 0 Å². The Morgan fingerprint density at radius 2 is 2.06 bits per heavy atom. The van der Waals surface area contributed by atoms with Gasteiger partial charge in [0, 0.05) is 18.3 Å². The van der Waals surface area contributed by atoms with Gasteiger partial charge in [-0.05, 0) is 43.2 Å². The fraction of sp³-hybridized carbons (Fsp3) is 0.214. The Kier molecular flexibility index (Phi) is 3.84. The molecule has 1 aromatic carbocycles. The van der Waals surface area contributed by atoms with Crippen LogP contribution in [0.2, 0.25) is 5.02 Å². The van der Waals surface area contributed by atoms with E-state index in [4.69, 9.17) is 22.1 Å². The third-order valence-electron chi connectivity index (χ3n) is 2.59. The van der Waals surface area contributed by atoms with E-state index in [9.17, 15) is 0 Å². The molecule has 0 saturated carbocycles. The number of hydrogen-bond donors (Lipinski definition) is 1. The van der Waals surface area contributed by atoms with Gasteiger partial charge in [0.15, 0.2) is 0 Å². The molecule has 0 fully saturated rings. The summed E-state index contributed by atoms with van der Waals surface area (Å²) in [5, 5.41) is 0.572. The molecule has 1 heterocycles. The number of nitrogens with two attached hydrogens (primary N) is 1. The Hall–Kier alpha value is -1.58. The molecule has 2 rings (SSSR count). The molecule has 1 aromatic heterocycles. The minimum Gasteiger partial charge on any atom is -0.437 e. The van der Waals surface area contributed by atoms with E-state index in [-0.39, 0.29) is 6.04 Å². The van der Waals surface area contributed by atoms with Crippen molar-refractivity contribution < 1.29 is 4.74 Å². The molecule has 2 aromatic rings. The van der Waals surface area contributed by atoms with Crippen LogP contribution in [-0.4, -0.2) is 4.98 Å². The maximum absolute atomic E-state index is 6.10. The average molecular weight is 263 g/mol. The zero-order chi connectivity index (χ0) is 13.1. The topological polar surface area (TPSA) is 48.1 Å². The van der Waals surface area contributed by atoms with Gasteiger partial charge < -0.3 is 10.5 Å². The second-order valence-corrected chi connectivity index (χ2v) is 4.66. The Balaban J connectivity index is 2.25. The van der Waals surface area contributed by atoms with E-state index >= 15 is 0 Å².